The van der Waals surface area contributed by atoms with E-state index in [1.165, 1.54) is 34.0 Å². The van der Waals surface area contributed by atoms with E-state index in [-0.39, 0.29) is 17.3 Å². The molecule has 2 N–H and O–H groups in total. The van der Waals surface area contributed by atoms with Crippen LogP contribution in [0.25, 0.3) is 0 Å². The van der Waals surface area contributed by atoms with Crippen molar-refractivity contribution in [1.82, 2.24) is 19.2 Å². The molecule has 2 heterocycles. The molecular formula is C13H17F3N6O2S. The first-order valence-corrected chi connectivity index (χ1v) is 8.66. The number of hydrogen-bond donors (Lipinski definition) is 2. The number of anilines is 3. The molecule has 2 aromatic rings. The Morgan fingerprint density at radius 1 is 1.24 bits per heavy atom. The van der Waals surface area contributed by atoms with E-state index in [4.69, 9.17) is 0 Å². The number of rotatable bonds is 5. The SMILES string of the molecule is CNc1nc(Nc2cnn(S(=O)(=O)C(C)C)c2C)ncc1C(F)(F)F. The van der Waals surface area contributed by atoms with Gasteiger partial charge in [0.1, 0.15) is 11.4 Å². The molecule has 0 aromatic carbocycles. The second-order valence-corrected chi connectivity index (χ2v) is 7.73. The van der Waals surface area contributed by atoms with Gasteiger partial charge < -0.3 is 10.6 Å². The summed E-state index contributed by atoms with van der Waals surface area (Å²) in [6.45, 7) is 4.54. The molecular weight excluding hydrogens is 361 g/mol. The van der Waals surface area contributed by atoms with Crippen LogP contribution in [0.15, 0.2) is 12.4 Å². The number of nitrogens with one attached hydrogen (secondary N) is 2. The van der Waals surface area contributed by atoms with E-state index in [1.807, 2.05) is 0 Å². The molecule has 25 heavy (non-hydrogen) atoms. The molecule has 2 rings (SSSR count). The Morgan fingerprint density at radius 3 is 2.40 bits per heavy atom. The van der Waals surface area contributed by atoms with E-state index < -0.39 is 32.8 Å². The van der Waals surface area contributed by atoms with Crippen molar-refractivity contribution in [3.63, 3.8) is 0 Å². The molecule has 0 saturated carbocycles. The van der Waals surface area contributed by atoms with Crippen LogP contribution in [0.2, 0.25) is 0 Å². The number of alkyl halides is 3. The number of aromatic nitrogens is 4. The molecule has 0 bridgehead atoms. The quantitative estimate of drug-likeness (QED) is 0.823. The van der Waals surface area contributed by atoms with Crippen molar-refractivity contribution in [3.8, 4) is 0 Å². The predicted molar refractivity (Wildman–Crippen MR) is 86.3 cm³/mol. The van der Waals surface area contributed by atoms with Crippen molar-refractivity contribution in [2.75, 3.05) is 17.7 Å². The Balaban J connectivity index is 2.37. The van der Waals surface area contributed by atoms with Gasteiger partial charge in [0.15, 0.2) is 0 Å². The highest BCUT2D eigenvalue weighted by atomic mass is 32.2. The summed E-state index contributed by atoms with van der Waals surface area (Å²) in [5.74, 6) is -0.521. The van der Waals surface area contributed by atoms with Gasteiger partial charge in [0, 0.05) is 13.2 Å². The summed E-state index contributed by atoms with van der Waals surface area (Å²) in [5.41, 5.74) is -0.468. The largest absolute Gasteiger partial charge is 0.421 e. The monoisotopic (exact) mass is 378 g/mol. The second kappa shape index (κ2) is 6.50. The fraction of sp³-hybridized carbons (Fsp3) is 0.462. The number of hydrogen-bond acceptors (Lipinski definition) is 7. The van der Waals surface area contributed by atoms with Gasteiger partial charge >= 0.3 is 6.18 Å². The molecule has 0 amide bonds. The first-order valence-electron chi connectivity index (χ1n) is 7.16. The van der Waals surface area contributed by atoms with Gasteiger partial charge in [-0.05, 0) is 20.8 Å². The molecule has 2 aromatic heterocycles. The zero-order chi connectivity index (χ0) is 19.0. The van der Waals surface area contributed by atoms with Gasteiger partial charge in [0.2, 0.25) is 5.95 Å². The Morgan fingerprint density at radius 2 is 1.88 bits per heavy atom. The van der Waals surface area contributed by atoms with Crippen molar-refractivity contribution < 1.29 is 21.6 Å². The summed E-state index contributed by atoms with van der Waals surface area (Å²) in [5, 5.41) is 8.18. The van der Waals surface area contributed by atoms with Crippen LogP contribution in [-0.2, 0) is 16.2 Å². The number of halogens is 3. The summed E-state index contributed by atoms with van der Waals surface area (Å²) < 4.78 is 63.8. The zero-order valence-corrected chi connectivity index (χ0v) is 14.7. The van der Waals surface area contributed by atoms with Crippen LogP contribution in [0.4, 0.5) is 30.6 Å². The lowest BCUT2D eigenvalue weighted by molar-refractivity contribution is -0.137. The van der Waals surface area contributed by atoms with Crippen LogP contribution < -0.4 is 10.6 Å². The fourth-order valence-electron chi connectivity index (χ4n) is 1.93. The molecule has 138 valence electrons. The van der Waals surface area contributed by atoms with Crippen molar-refractivity contribution in [2.45, 2.75) is 32.2 Å². The van der Waals surface area contributed by atoms with E-state index in [0.29, 0.717) is 6.20 Å². The van der Waals surface area contributed by atoms with Gasteiger partial charge in [-0.3, -0.25) is 0 Å². The zero-order valence-electron chi connectivity index (χ0n) is 13.9. The van der Waals surface area contributed by atoms with Gasteiger partial charge in [-0.1, -0.05) is 0 Å². The van der Waals surface area contributed by atoms with Gasteiger partial charge in [-0.15, -0.1) is 0 Å². The van der Waals surface area contributed by atoms with E-state index in [9.17, 15) is 21.6 Å². The minimum Gasteiger partial charge on any atom is -0.372 e. The molecule has 0 aliphatic carbocycles. The lowest BCUT2D eigenvalue weighted by Gasteiger charge is -2.13. The Bertz CT molecular complexity index is 876. The maximum absolute atomic E-state index is 12.8. The van der Waals surface area contributed by atoms with Crippen LogP contribution in [0.5, 0.6) is 0 Å². The van der Waals surface area contributed by atoms with E-state index in [0.717, 1.165) is 4.09 Å². The summed E-state index contributed by atoms with van der Waals surface area (Å²) in [6, 6.07) is 0. The first-order chi connectivity index (χ1) is 11.5. The van der Waals surface area contributed by atoms with Crippen LogP contribution in [-0.4, -0.2) is 39.9 Å². The normalized spacial score (nSPS) is 12.5. The average Bonchev–Trinajstić information content (AvgIpc) is 2.87. The lowest BCUT2D eigenvalue weighted by Crippen LogP contribution is -2.24. The van der Waals surface area contributed by atoms with Crippen molar-refractivity contribution in [2.24, 2.45) is 0 Å². The van der Waals surface area contributed by atoms with Crippen molar-refractivity contribution in [1.29, 1.82) is 0 Å². The molecule has 12 heteroatoms. The lowest BCUT2D eigenvalue weighted by atomic mass is 10.3. The highest BCUT2D eigenvalue weighted by Gasteiger charge is 2.35. The van der Waals surface area contributed by atoms with Gasteiger partial charge in [0.05, 0.1) is 22.8 Å². The minimum absolute atomic E-state index is 0.123. The first kappa shape index (κ1) is 19.0. The third kappa shape index (κ3) is 3.67. The number of nitrogens with zero attached hydrogens (tertiary/aromatic N) is 4. The minimum atomic E-state index is -4.59. The molecule has 0 aliphatic heterocycles. The Kier molecular flexibility index (Phi) is 4.93. The van der Waals surface area contributed by atoms with Crippen molar-refractivity contribution in [3.05, 3.63) is 23.7 Å². The molecule has 0 spiro atoms. The molecule has 0 saturated heterocycles. The second-order valence-electron chi connectivity index (χ2n) is 5.41. The van der Waals surface area contributed by atoms with E-state index in [2.05, 4.69) is 25.7 Å². The molecule has 0 fully saturated rings. The third-order valence-corrected chi connectivity index (χ3v) is 5.42. The van der Waals surface area contributed by atoms with Crippen LogP contribution in [0, 0.1) is 6.92 Å². The Hall–Kier alpha value is -2.37. The average molecular weight is 378 g/mol. The predicted octanol–water partition coefficient (Wildman–Crippen LogP) is 2.37. The third-order valence-electron chi connectivity index (χ3n) is 3.38. The van der Waals surface area contributed by atoms with Gasteiger partial charge in [-0.25, -0.2) is 13.4 Å². The summed E-state index contributed by atoms with van der Waals surface area (Å²) in [7, 11) is -2.35. The van der Waals surface area contributed by atoms with Gasteiger partial charge in [-0.2, -0.15) is 27.3 Å². The van der Waals surface area contributed by atoms with Crippen LogP contribution in [0.1, 0.15) is 25.1 Å². The van der Waals surface area contributed by atoms with Crippen LogP contribution in [0.3, 0.4) is 0 Å². The highest BCUT2D eigenvalue weighted by molar-refractivity contribution is 7.90. The Labute approximate surface area is 142 Å². The summed E-state index contributed by atoms with van der Waals surface area (Å²) >= 11 is 0. The maximum atomic E-state index is 12.8. The van der Waals surface area contributed by atoms with Gasteiger partial charge in [0.25, 0.3) is 10.0 Å². The maximum Gasteiger partial charge on any atom is 0.421 e. The molecule has 0 atom stereocenters. The smallest absolute Gasteiger partial charge is 0.372 e. The topological polar surface area (TPSA) is 102 Å². The molecule has 8 nitrogen and oxygen atoms in total. The fourth-order valence-corrected chi connectivity index (χ4v) is 2.99. The summed E-state index contributed by atoms with van der Waals surface area (Å²) in [6.07, 6.45) is -2.70. The highest BCUT2D eigenvalue weighted by Crippen LogP contribution is 2.34. The molecule has 0 radical (unpaired) electrons. The van der Waals surface area contributed by atoms with E-state index >= 15 is 0 Å². The summed E-state index contributed by atoms with van der Waals surface area (Å²) in [4.78, 5) is 7.39. The molecule has 0 unspecified atom stereocenters. The van der Waals surface area contributed by atoms with Crippen LogP contribution >= 0.6 is 0 Å². The molecule has 0 aliphatic rings. The van der Waals surface area contributed by atoms with Crippen molar-refractivity contribution >= 4 is 27.5 Å². The van der Waals surface area contributed by atoms with E-state index in [1.54, 1.807) is 0 Å². The standard InChI is InChI=1S/C13H17F3N6O2S/c1-7(2)25(23,24)22-8(3)10(6-19-22)20-12-18-5-9(13(14,15)16)11(17-4)21-12/h5-7H,1-4H3,(H2,17,18,20,21).